The highest BCUT2D eigenvalue weighted by Crippen LogP contribution is 2.12. The highest BCUT2D eigenvalue weighted by molar-refractivity contribution is 7.99. The molecular formula is C11H19ClN2S. The predicted octanol–water partition coefficient (Wildman–Crippen LogP) is 2.91. The molecule has 0 spiro atoms. The van der Waals surface area contributed by atoms with Crippen LogP contribution in [0.5, 0.6) is 0 Å². The molecule has 0 saturated heterocycles. The summed E-state index contributed by atoms with van der Waals surface area (Å²) < 4.78 is 2.07. The summed E-state index contributed by atoms with van der Waals surface area (Å²) >= 11 is 7.89. The van der Waals surface area contributed by atoms with Crippen LogP contribution < -0.4 is 5.32 Å². The van der Waals surface area contributed by atoms with Crippen LogP contribution in [-0.4, -0.2) is 22.6 Å². The van der Waals surface area contributed by atoms with E-state index in [0.717, 1.165) is 18.1 Å². The zero-order chi connectivity index (χ0) is 11.1. The molecule has 15 heavy (non-hydrogen) atoms. The first-order valence-electron chi connectivity index (χ1n) is 5.33. The standard InChI is InChI=1S/C11H19ClN2S/c1-3-15-6-4-5-13-8-11-7-10(12)9-14(11)2/h7,9,13H,3-6,8H2,1-2H3. The van der Waals surface area contributed by atoms with Crippen LogP contribution in [0.25, 0.3) is 0 Å². The van der Waals surface area contributed by atoms with E-state index in [1.807, 2.05) is 31.1 Å². The van der Waals surface area contributed by atoms with Gasteiger partial charge in [0, 0.05) is 25.5 Å². The lowest BCUT2D eigenvalue weighted by atomic mass is 10.4. The van der Waals surface area contributed by atoms with Gasteiger partial charge in [0.25, 0.3) is 0 Å². The molecule has 1 rings (SSSR count). The summed E-state index contributed by atoms with van der Waals surface area (Å²) in [5, 5.41) is 4.24. The first-order valence-corrected chi connectivity index (χ1v) is 6.86. The van der Waals surface area contributed by atoms with Gasteiger partial charge in [-0.15, -0.1) is 0 Å². The maximum absolute atomic E-state index is 5.90. The molecule has 1 aromatic rings. The van der Waals surface area contributed by atoms with E-state index >= 15 is 0 Å². The number of nitrogens with one attached hydrogen (secondary N) is 1. The fourth-order valence-electron chi connectivity index (χ4n) is 1.40. The highest BCUT2D eigenvalue weighted by Gasteiger charge is 1.99. The molecule has 0 aromatic carbocycles. The molecule has 0 fully saturated rings. The van der Waals surface area contributed by atoms with E-state index in [-0.39, 0.29) is 0 Å². The van der Waals surface area contributed by atoms with Gasteiger partial charge in [-0.1, -0.05) is 18.5 Å². The largest absolute Gasteiger partial charge is 0.352 e. The van der Waals surface area contributed by atoms with Crippen LogP contribution >= 0.6 is 23.4 Å². The van der Waals surface area contributed by atoms with Crippen molar-refractivity contribution in [2.24, 2.45) is 7.05 Å². The average Bonchev–Trinajstić information content (AvgIpc) is 2.51. The quantitative estimate of drug-likeness (QED) is 0.746. The Bertz CT molecular complexity index is 286. The fourth-order valence-corrected chi connectivity index (χ4v) is 2.31. The normalized spacial score (nSPS) is 10.9. The van der Waals surface area contributed by atoms with Crippen LogP contribution in [0.1, 0.15) is 19.0 Å². The molecule has 0 aliphatic rings. The van der Waals surface area contributed by atoms with Crippen LogP contribution in [-0.2, 0) is 13.6 Å². The Kier molecular flexibility index (Phi) is 6.22. The molecule has 0 aliphatic heterocycles. The Hall–Kier alpha value is -0.120. The van der Waals surface area contributed by atoms with E-state index in [2.05, 4.69) is 16.8 Å². The van der Waals surface area contributed by atoms with Crippen molar-refractivity contribution in [3.8, 4) is 0 Å². The Balaban J connectivity index is 2.12. The molecular weight excluding hydrogens is 228 g/mol. The first kappa shape index (κ1) is 12.9. The fraction of sp³-hybridized carbons (Fsp3) is 0.636. The summed E-state index contributed by atoms with van der Waals surface area (Å²) in [5.74, 6) is 2.46. The third kappa shape index (κ3) is 4.96. The van der Waals surface area contributed by atoms with E-state index in [1.165, 1.54) is 23.6 Å². The van der Waals surface area contributed by atoms with Crippen molar-refractivity contribution in [1.29, 1.82) is 0 Å². The van der Waals surface area contributed by atoms with Gasteiger partial charge in [0.15, 0.2) is 0 Å². The number of halogens is 1. The van der Waals surface area contributed by atoms with Crippen LogP contribution in [0, 0.1) is 0 Å². The molecule has 0 unspecified atom stereocenters. The molecule has 2 nitrogen and oxygen atoms in total. The molecule has 1 heterocycles. The number of hydrogen-bond donors (Lipinski definition) is 1. The minimum absolute atomic E-state index is 0.816. The van der Waals surface area contributed by atoms with Crippen molar-refractivity contribution in [1.82, 2.24) is 9.88 Å². The first-order chi connectivity index (χ1) is 7.24. The number of hydrogen-bond acceptors (Lipinski definition) is 2. The molecule has 0 aliphatic carbocycles. The predicted molar refractivity (Wildman–Crippen MR) is 69.7 cm³/mol. The number of aromatic nitrogens is 1. The second-order valence-electron chi connectivity index (χ2n) is 3.49. The molecule has 1 N–H and O–H groups in total. The zero-order valence-electron chi connectivity index (χ0n) is 9.42. The van der Waals surface area contributed by atoms with Crippen LogP contribution in [0.3, 0.4) is 0 Å². The van der Waals surface area contributed by atoms with Crippen molar-refractivity contribution >= 4 is 23.4 Å². The van der Waals surface area contributed by atoms with Crippen LogP contribution in [0.4, 0.5) is 0 Å². The second kappa shape index (κ2) is 7.20. The highest BCUT2D eigenvalue weighted by atomic mass is 35.5. The van der Waals surface area contributed by atoms with Gasteiger partial charge in [-0.2, -0.15) is 11.8 Å². The minimum atomic E-state index is 0.816. The number of rotatable bonds is 7. The topological polar surface area (TPSA) is 17.0 Å². The maximum Gasteiger partial charge on any atom is 0.0585 e. The summed E-state index contributed by atoms with van der Waals surface area (Å²) in [6.45, 7) is 4.18. The molecule has 4 heteroatoms. The van der Waals surface area contributed by atoms with Gasteiger partial charge in [0.2, 0.25) is 0 Å². The van der Waals surface area contributed by atoms with Gasteiger partial charge in [-0.25, -0.2) is 0 Å². The van der Waals surface area contributed by atoms with Crippen molar-refractivity contribution < 1.29 is 0 Å². The van der Waals surface area contributed by atoms with Crippen molar-refractivity contribution in [3.63, 3.8) is 0 Å². The maximum atomic E-state index is 5.90. The monoisotopic (exact) mass is 246 g/mol. The number of thioether (sulfide) groups is 1. The lowest BCUT2D eigenvalue weighted by Gasteiger charge is -2.05. The van der Waals surface area contributed by atoms with E-state index in [9.17, 15) is 0 Å². The third-order valence-corrected chi connectivity index (χ3v) is 3.42. The van der Waals surface area contributed by atoms with Gasteiger partial charge >= 0.3 is 0 Å². The molecule has 0 radical (unpaired) electrons. The summed E-state index contributed by atoms with van der Waals surface area (Å²) in [6, 6.07) is 2.01. The molecule has 0 saturated carbocycles. The Morgan fingerprint density at radius 2 is 2.33 bits per heavy atom. The number of aryl methyl sites for hydroxylation is 1. The molecule has 86 valence electrons. The van der Waals surface area contributed by atoms with Gasteiger partial charge in [-0.05, 0) is 30.5 Å². The van der Waals surface area contributed by atoms with Crippen LogP contribution in [0.15, 0.2) is 12.3 Å². The lowest BCUT2D eigenvalue weighted by molar-refractivity contribution is 0.647. The summed E-state index contributed by atoms with van der Waals surface area (Å²) in [5.41, 5.74) is 1.24. The van der Waals surface area contributed by atoms with Gasteiger partial charge < -0.3 is 9.88 Å². The lowest BCUT2D eigenvalue weighted by Crippen LogP contribution is -2.17. The van der Waals surface area contributed by atoms with Crippen LogP contribution in [0.2, 0.25) is 5.02 Å². The van der Waals surface area contributed by atoms with Gasteiger partial charge in [0.05, 0.1) is 5.02 Å². The van der Waals surface area contributed by atoms with Crippen molar-refractivity contribution in [2.45, 2.75) is 19.9 Å². The SMILES string of the molecule is CCSCCCNCc1cc(Cl)cn1C. The summed E-state index contributed by atoms with van der Waals surface area (Å²) in [7, 11) is 2.02. The van der Waals surface area contributed by atoms with E-state index in [0.29, 0.717) is 0 Å². The minimum Gasteiger partial charge on any atom is -0.352 e. The smallest absolute Gasteiger partial charge is 0.0585 e. The Labute approximate surface area is 101 Å². The Morgan fingerprint density at radius 3 is 2.93 bits per heavy atom. The van der Waals surface area contributed by atoms with E-state index in [1.54, 1.807) is 0 Å². The van der Waals surface area contributed by atoms with Crippen molar-refractivity contribution in [2.75, 3.05) is 18.1 Å². The summed E-state index contributed by atoms with van der Waals surface area (Å²) in [6.07, 6.45) is 3.17. The molecule has 0 amide bonds. The second-order valence-corrected chi connectivity index (χ2v) is 5.32. The number of nitrogens with zero attached hydrogens (tertiary/aromatic N) is 1. The van der Waals surface area contributed by atoms with Gasteiger partial charge in [0.1, 0.15) is 0 Å². The average molecular weight is 247 g/mol. The van der Waals surface area contributed by atoms with Gasteiger partial charge in [-0.3, -0.25) is 0 Å². The van der Waals surface area contributed by atoms with E-state index in [4.69, 9.17) is 11.6 Å². The van der Waals surface area contributed by atoms with E-state index < -0.39 is 0 Å². The molecule has 1 aromatic heterocycles. The molecule has 0 atom stereocenters. The summed E-state index contributed by atoms with van der Waals surface area (Å²) in [4.78, 5) is 0. The van der Waals surface area contributed by atoms with Crippen molar-refractivity contribution in [3.05, 3.63) is 23.0 Å². The zero-order valence-corrected chi connectivity index (χ0v) is 11.0. The Morgan fingerprint density at radius 1 is 1.53 bits per heavy atom. The third-order valence-electron chi connectivity index (χ3n) is 2.23. The molecule has 0 bridgehead atoms.